The molecule has 1 saturated carbocycles. The van der Waals surface area contributed by atoms with Crippen molar-refractivity contribution in [2.24, 2.45) is 5.92 Å². The van der Waals surface area contributed by atoms with Crippen LogP contribution in [0.3, 0.4) is 0 Å². The van der Waals surface area contributed by atoms with Gasteiger partial charge in [0.25, 0.3) is 5.91 Å². The van der Waals surface area contributed by atoms with Crippen LogP contribution >= 0.6 is 15.9 Å². The van der Waals surface area contributed by atoms with Crippen molar-refractivity contribution in [3.8, 4) is 5.69 Å². The van der Waals surface area contributed by atoms with E-state index in [4.69, 9.17) is 4.74 Å². The van der Waals surface area contributed by atoms with Crippen LogP contribution in [0.1, 0.15) is 43.0 Å². The Hall–Kier alpha value is -1.66. The van der Waals surface area contributed by atoms with Gasteiger partial charge in [0.15, 0.2) is 0 Å². The van der Waals surface area contributed by atoms with Crippen LogP contribution < -0.4 is 5.32 Å². The summed E-state index contributed by atoms with van der Waals surface area (Å²) in [7, 11) is 0. The van der Waals surface area contributed by atoms with Crippen LogP contribution in [0.25, 0.3) is 5.69 Å². The van der Waals surface area contributed by atoms with Crippen molar-refractivity contribution < 1.29 is 9.53 Å². The van der Waals surface area contributed by atoms with Gasteiger partial charge in [0.05, 0.1) is 30.2 Å². The van der Waals surface area contributed by atoms with E-state index in [9.17, 15) is 4.79 Å². The number of benzene rings is 1. The van der Waals surface area contributed by atoms with Crippen LogP contribution in [0.15, 0.2) is 41.1 Å². The summed E-state index contributed by atoms with van der Waals surface area (Å²) >= 11 is 3.41. The van der Waals surface area contributed by atoms with Gasteiger partial charge in [-0.25, -0.2) is 4.68 Å². The van der Waals surface area contributed by atoms with E-state index in [1.165, 1.54) is 19.3 Å². The molecule has 0 saturated heterocycles. The van der Waals surface area contributed by atoms with Gasteiger partial charge < -0.3 is 10.1 Å². The minimum absolute atomic E-state index is 0.122. The van der Waals surface area contributed by atoms with Gasteiger partial charge in [-0.1, -0.05) is 35.7 Å². The Morgan fingerprint density at radius 1 is 1.32 bits per heavy atom. The lowest BCUT2D eigenvalue weighted by Gasteiger charge is -2.28. The van der Waals surface area contributed by atoms with E-state index in [-0.39, 0.29) is 5.91 Å². The lowest BCUT2D eigenvalue weighted by Crippen LogP contribution is -2.31. The minimum Gasteiger partial charge on any atom is -0.376 e. The zero-order valence-electron chi connectivity index (χ0n) is 14.5. The zero-order chi connectivity index (χ0) is 17.6. The molecule has 5 nitrogen and oxygen atoms in total. The van der Waals surface area contributed by atoms with Gasteiger partial charge in [0, 0.05) is 17.2 Å². The molecular weight excluding hydrogens is 382 g/mol. The number of rotatable bonds is 6. The molecule has 0 aliphatic heterocycles. The van der Waals surface area contributed by atoms with Crippen molar-refractivity contribution in [2.75, 3.05) is 13.2 Å². The Morgan fingerprint density at radius 3 is 2.84 bits per heavy atom. The Morgan fingerprint density at radius 2 is 2.08 bits per heavy atom. The molecule has 1 aromatic carbocycles. The number of carbonyl (C=O) groups is 1. The van der Waals surface area contributed by atoms with Gasteiger partial charge in [-0.2, -0.15) is 5.10 Å². The number of carbonyl (C=O) groups excluding carboxylic acids is 1. The highest BCUT2D eigenvalue weighted by Crippen LogP contribution is 2.26. The molecule has 1 fully saturated rings. The minimum atomic E-state index is -0.122. The Labute approximate surface area is 156 Å². The first-order chi connectivity index (χ1) is 12.1. The van der Waals surface area contributed by atoms with E-state index in [1.54, 1.807) is 17.1 Å². The second-order valence-electron chi connectivity index (χ2n) is 6.58. The standard InChI is InChI=1S/C19H24BrN3O2/c1-14-4-2-3-5-18(14)25-11-10-21-19(24)15-12-22-23(13-15)17-8-6-16(20)7-9-17/h6-9,12-14,18H,2-5,10-11H2,1H3,(H,21,24)/t14-,18-/m0/s1. The lowest BCUT2D eigenvalue weighted by molar-refractivity contribution is -0.00293. The van der Waals surface area contributed by atoms with Gasteiger partial charge >= 0.3 is 0 Å². The van der Waals surface area contributed by atoms with Gasteiger partial charge in [0.2, 0.25) is 0 Å². The van der Waals surface area contributed by atoms with Crippen molar-refractivity contribution in [3.05, 3.63) is 46.7 Å². The molecule has 1 N–H and O–H groups in total. The van der Waals surface area contributed by atoms with Crippen molar-refractivity contribution in [2.45, 2.75) is 38.7 Å². The van der Waals surface area contributed by atoms with E-state index in [0.29, 0.717) is 30.7 Å². The predicted molar refractivity (Wildman–Crippen MR) is 101 cm³/mol. The van der Waals surface area contributed by atoms with E-state index >= 15 is 0 Å². The number of hydrogen-bond acceptors (Lipinski definition) is 3. The third-order valence-electron chi connectivity index (χ3n) is 4.69. The molecule has 25 heavy (non-hydrogen) atoms. The molecule has 0 bridgehead atoms. The fourth-order valence-electron chi connectivity index (χ4n) is 3.18. The molecule has 3 rings (SSSR count). The number of nitrogens with zero attached hydrogens (tertiary/aromatic N) is 2. The van der Waals surface area contributed by atoms with Crippen LogP contribution in [-0.4, -0.2) is 34.9 Å². The van der Waals surface area contributed by atoms with E-state index in [0.717, 1.165) is 16.6 Å². The molecule has 1 aromatic heterocycles. The smallest absolute Gasteiger partial charge is 0.254 e. The number of aromatic nitrogens is 2. The Balaban J connectivity index is 1.46. The summed E-state index contributed by atoms with van der Waals surface area (Å²) in [5, 5.41) is 7.16. The first kappa shape index (κ1) is 18.1. The highest BCUT2D eigenvalue weighted by Gasteiger charge is 2.21. The van der Waals surface area contributed by atoms with Crippen molar-refractivity contribution >= 4 is 21.8 Å². The van der Waals surface area contributed by atoms with E-state index in [2.05, 4.69) is 33.3 Å². The van der Waals surface area contributed by atoms with Crippen LogP contribution in [0.2, 0.25) is 0 Å². The highest BCUT2D eigenvalue weighted by molar-refractivity contribution is 9.10. The van der Waals surface area contributed by atoms with Gasteiger partial charge in [-0.3, -0.25) is 4.79 Å². The number of ether oxygens (including phenoxy) is 1. The van der Waals surface area contributed by atoms with Gasteiger partial charge in [-0.05, 0) is 43.0 Å². The van der Waals surface area contributed by atoms with Gasteiger partial charge in [0.1, 0.15) is 0 Å². The second-order valence-corrected chi connectivity index (χ2v) is 7.49. The first-order valence-electron chi connectivity index (χ1n) is 8.84. The lowest BCUT2D eigenvalue weighted by atomic mass is 9.88. The van der Waals surface area contributed by atoms with Gasteiger partial charge in [-0.15, -0.1) is 0 Å². The number of halogens is 1. The third-order valence-corrected chi connectivity index (χ3v) is 5.22. The van der Waals surface area contributed by atoms with Crippen LogP contribution in [0.5, 0.6) is 0 Å². The van der Waals surface area contributed by atoms with Crippen LogP contribution in [-0.2, 0) is 4.74 Å². The molecule has 1 aliphatic carbocycles. The summed E-state index contributed by atoms with van der Waals surface area (Å²) in [5.41, 5.74) is 1.46. The molecule has 0 radical (unpaired) electrons. The maximum atomic E-state index is 12.2. The van der Waals surface area contributed by atoms with Crippen LogP contribution in [0, 0.1) is 5.92 Å². The molecule has 0 unspecified atom stereocenters. The normalized spacial score (nSPS) is 20.4. The second kappa shape index (κ2) is 8.63. The van der Waals surface area contributed by atoms with Crippen molar-refractivity contribution in [3.63, 3.8) is 0 Å². The quantitative estimate of drug-likeness (QED) is 0.739. The molecule has 6 heteroatoms. The van der Waals surface area contributed by atoms with E-state index in [1.807, 2.05) is 24.3 Å². The fraction of sp³-hybridized carbons (Fsp3) is 0.474. The molecule has 134 valence electrons. The largest absolute Gasteiger partial charge is 0.376 e. The van der Waals surface area contributed by atoms with Crippen molar-refractivity contribution in [1.82, 2.24) is 15.1 Å². The summed E-state index contributed by atoms with van der Waals surface area (Å²) in [4.78, 5) is 12.2. The molecule has 1 amide bonds. The average Bonchev–Trinajstić information content (AvgIpc) is 3.11. The Kier molecular flexibility index (Phi) is 6.26. The highest BCUT2D eigenvalue weighted by atomic mass is 79.9. The summed E-state index contributed by atoms with van der Waals surface area (Å²) in [5.74, 6) is 0.497. The summed E-state index contributed by atoms with van der Waals surface area (Å²) in [6.45, 7) is 3.33. The molecule has 2 aromatic rings. The first-order valence-corrected chi connectivity index (χ1v) is 9.63. The summed E-state index contributed by atoms with van der Waals surface area (Å²) in [6, 6.07) is 7.77. The van der Waals surface area contributed by atoms with Crippen LogP contribution in [0.4, 0.5) is 0 Å². The maximum Gasteiger partial charge on any atom is 0.254 e. The topological polar surface area (TPSA) is 56.1 Å². The molecule has 0 spiro atoms. The third kappa shape index (κ3) is 4.92. The summed E-state index contributed by atoms with van der Waals surface area (Å²) in [6.07, 6.45) is 8.59. The molecular formula is C19H24BrN3O2. The monoisotopic (exact) mass is 405 g/mol. The molecule has 2 atom stereocenters. The number of nitrogens with one attached hydrogen (secondary N) is 1. The molecule has 1 aliphatic rings. The maximum absolute atomic E-state index is 12.2. The summed E-state index contributed by atoms with van der Waals surface area (Å²) < 4.78 is 8.63. The van der Waals surface area contributed by atoms with E-state index < -0.39 is 0 Å². The number of amides is 1. The Bertz CT molecular complexity index is 699. The SMILES string of the molecule is C[C@H]1CCCC[C@@H]1OCCNC(=O)c1cnn(-c2ccc(Br)cc2)c1. The zero-order valence-corrected chi connectivity index (χ0v) is 16.0. The number of hydrogen-bond donors (Lipinski definition) is 1. The molecule has 1 heterocycles. The average molecular weight is 406 g/mol. The fourth-order valence-corrected chi connectivity index (χ4v) is 3.45. The van der Waals surface area contributed by atoms with Crippen molar-refractivity contribution in [1.29, 1.82) is 0 Å². The predicted octanol–water partition coefficient (Wildman–Crippen LogP) is 3.96.